The predicted molar refractivity (Wildman–Crippen MR) is 113 cm³/mol. The first-order valence-corrected chi connectivity index (χ1v) is 13.0. The largest absolute Gasteiger partial charge is 0.417 e. The maximum atomic E-state index is 10.1. The molecule has 0 radical (unpaired) electrons. The topological polar surface area (TPSA) is 38.7 Å². The number of ether oxygens (including phenoxy) is 1. The van der Waals surface area contributed by atoms with Crippen molar-refractivity contribution in [2.45, 2.75) is 103 Å². The molecule has 1 saturated heterocycles. The van der Waals surface area contributed by atoms with E-state index in [1.54, 1.807) is 0 Å². The van der Waals surface area contributed by atoms with Gasteiger partial charge in [-0.1, -0.05) is 34.3 Å². The van der Waals surface area contributed by atoms with Gasteiger partial charge < -0.3 is 14.3 Å². The van der Waals surface area contributed by atoms with Crippen LogP contribution in [0.1, 0.15) is 66.2 Å². The maximum Gasteiger partial charge on any atom is 0.191 e. The monoisotopic (exact) mass is 380 g/mol. The van der Waals surface area contributed by atoms with Gasteiger partial charge >= 0.3 is 0 Å². The minimum atomic E-state index is -1.65. The highest BCUT2D eigenvalue weighted by atomic mass is 28.4. The molecule has 0 unspecified atom stereocenters. The van der Waals surface area contributed by atoms with Crippen molar-refractivity contribution >= 4 is 8.32 Å². The first-order valence-electron chi connectivity index (χ1n) is 10.1. The van der Waals surface area contributed by atoms with Gasteiger partial charge in [-0.15, -0.1) is 12.3 Å². The second-order valence-corrected chi connectivity index (χ2v) is 14.2. The first-order chi connectivity index (χ1) is 12.0. The zero-order valence-electron chi connectivity index (χ0n) is 17.8. The molecule has 1 N–H and O–H groups in total. The third kappa shape index (κ3) is 7.56. The summed E-state index contributed by atoms with van der Waals surface area (Å²) in [6.07, 6.45) is 10.5. The third-order valence-electron chi connectivity index (χ3n) is 5.91. The van der Waals surface area contributed by atoms with Crippen LogP contribution >= 0.6 is 0 Å². The third-order valence-corrected chi connectivity index (χ3v) is 10.5. The number of terminal acetylenes is 1. The summed E-state index contributed by atoms with van der Waals surface area (Å²) >= 11 is 0. The van der Waals surface area contributed by atoms with E-state index >= 15 is 0 Å². The molecule has 0 aliphatic carbocycles. The fourth-order valence-electron chi connectivity index (χ4n) is 3.04. The lowest BCUT2D eigenvalue weighted by Gasteiger charge is -2.36. The molecule has 0 aromatic carbocycles. The van der Waals surface area contributed by atoms with Gasteiger partial charge in [0.2, 0.25) is 0 Å². The Bertz CT molecular complexity index is 487. The minimum Gasteiger partial charge on any atom is -0.417 e. The van der Waals surface area contributed by atoms with Gasteiger partial charge in [-0.3, -0.25) is 0 Å². The smallest absolute Gasteiger partial charge is 0.191 e. The number of aliphatic hydroxyl groups is 1. The van der Waals surface area contributed by atoms with Crippen LogP contribution in [0.25, 0.3) is 0 Å². The zero-order chi connectivity index (χ0) is 20.0. The first kappa shape index (κ1) is 23.4. The summed E-state index contributed by atoms with van der Waals surface area (Å²) < 4.78 is 12.4. The lowest BCUT2D eigenvalue weighted by molar-refractivity contribution is 0.0295. The highest BCUT2D eigenvalue weighted by Crippen LogP contribution is 2.37. The van der Waals surface area contributed by atoms with Crippen molar-refractivity contribution in [1.82, 2.24) is 0 Å². The molecule has 4 atom stereocenters. The molecule has 0 aromatic heterocycles. The van der Waals surface area contributed by atoms with Gasteiger partial charge in [0.15, 0.2) is 8.32 Å². The van der Waals surface area contributed by atoms with Crippen LogP contribution in [0.5, 0.6) is 0 Å². The summed E-state index contributed by atoms with van der Waals surface area (Å²) in [4.78, 5) is 0. The number of rotatable bonds is 10. The van der Waals surface area contributed by atoms with E-state index in [4.69, 9.17) is 15.6 Å². The number of hydrogen-bond acceptors (Lipinski definition) is 3. The van der Waals surface area contributed by atoms with Crippen molar-refractivity contribution in [3.63, 3.8) is 0 Å². The summed E-state index contributed by atoms with van der Waals surface area (Å²) in [5.41, 5.74) is 1.16. The van der Waals surface area contributed by atoms with Crippen LogP contribution < -0.4 is 0 Å². The molecule has 26 heavy (non-hydrogen) atoms. The van der Waals surface area contributed by atoms with Crippen molar-refractivity contribution < 1.29 is 14.3 Å². The van der Waals surface area contributed by atoms with Crippen molar-refractivity contribution in [2.75, 3.05) is 6.61 Å². The quantitative estimate of drug-likeness (QED) is 0.242. The van der Waals surface area contributed by atoms with Gasteiger partial charge in [-0.2, -0.15) is 0 Å². The van der Waals surface area contributed by atoms with Crippen LogP contribution in [0.3, 0.4) is 0 Å². The summed E-state index contributed by atoms with van der Waals surface area (Å²) in [5, 5.41) is 10.3. The van der Waals surface area contributed by atoms with E-state index in [9.17, 15) is 5.11 Å². The fraction of sp³-hybridized carbons (Fsp3) is 0.818. The molecule has 150 valence electrons. The van der Waals surface area contributed by atoms with Gasteiger partial charge in [0.05, 0.1) is 18.3 Å². The van der Waals surface area contributed by atoms with Gasteiger partial charge in [0.25, 0.3) is 0 Å². The summed E-state index contributed by atoms with van der Waals surface area (Å²) in [7, 11) is -1.65. The molecule has 3 nitrogen and oxygen atoms in total. The summed E-state index contributed by atoms with van der Waals surface area (Å²) in [6, 6.07) is 0. The van der Waals surface area contributed by atoms with E-state index in [1.165, 1.54) is 0 Å². The normalized spacial score (nSPS) is 23.7. The zero-order valence-corrected chi connectivity index (χ0v) is 18.8. The van der Waals surface area contributed by atoms with Crippen molar-refractivity contribution in [1.29, 1.82) is 0 Å². The van der Waals surface area contributed by atoms with Crippen molar-refractivity contribution in [2.24, 2.45) is 5.92 Å². The molecule has 1 heterocycles. The van der Waals surface area contributed by atoms with E-state index in [2.05, 4.69) is 46.4 Å². The molecule has 0 amide bonds. The molecule has 0 spiro atoms. The average Bonchev–Trinajstić information content (AvgIpc) is 2.88. The van der Waals surface area contributed by atoms with Crippen molar-refractivity contribution in [3.8, 4) is 12.3 Å². The Morgan fingerprint density at radius 1 is 1.38 bits per heavy atom. The summed E-state index contributed by atoms with van der Waals surface area (Å²) in [5.74, 6) is 2.79. The molecular formula is C22H40O3Si. The van der Waals surface area contributed by atoms with Gasteiger partial charge in [-0.05, 0) is 62.2 Å². The molecule has 1 rings (SSSR count). The Kier molecular flexibility index (Phi) is 9.09. The molecule has 0 aromatic rings. The Labute approximate surface area is 162 Å². The second-order valence-electron chi connectivity index (χ2n) is 9.39. The van der Waals surface area contributed by atoms with Crippen LogP contribution in [0, 0.1) is 18.3 Å². The average molecular weight is 381 g/mol. The number of aliphatic hydroxyl groups excluding tert-OH is 1. The second kappa shape index (κ2) is 10.1. The fourth-order valence-corrected chi connectivity index (χ4v) is 4.12. The lowest BCUT2D eigenvalue weighted by atomic mass is 9.97. The van der Waals surface area contributed by atoms with Crippen LogP contribution in [-0.2, 0) is 9.16 Å². The van der Waals surface area contributed by atoms with Gasteiger partial charge in [-0.25, -0.2) is 0 Å². The standard InChI is InChI=1S/C22H40O3Si/c1-9-17(2)15-19(23)12-13-21-18(3)16-20(25-21)11-10-14-24-26(7,8)22(4,5)6/h1,17,19-21,23H,3,10-16H2,2,4-8H3/t17-,19+,20-,21-/m0/s1. The van der Waals surface area contributed by atoms with Crippen LogP contribution in [0.15, 0.2) is 12.2 Å². The Hall–Kier alpha value is -0.603. The van der Waals surface area contributed by atoms with E-state index in [1.807, 2.05) is 6.92 Å². The minimum absolute atomic E-state index is 0.0806. The highest BCUT2D eigenvalue weighted by Gasteiger charge is 2.37. The molecular weight excluding hydrogens is 340 g/mol. The highest BCUT2D eigenvalue weighted by molar-refractivity contribution is 6.74. The van der Waals surface area contributed by atoms with Gasteiger partial charge in [0.1, 0.15) is 0 Å². The summed E-state index contributed by atoms with van der Waals surface area (Å²) in [6.45, 7) is 18.4. The van der Waals surface area contributed by atoms with Crippen LogP contribution in [0.4, 0.5) is 0 Å². The maximum absolute atomic E-state index is 10.1. The predicted octanol–water partition coefficient (Wildman–Crippen LogP) is 5.30. The molecule has 1 aliphatic heterocycles. The van der Waals surface area contributed by atoms with Gasteiger partial charge in [0, 0.05) is 12.5 Å². The van der Waals surface area contributed by atoms with E-state index in [0.717, 1.165) is 44.3 Å². The molecule has 4 heteroatoms. The number of hydrogen-bond donors (Lipinski definition) is 1. The van der Waals surface area contributed by atoms with E-state index < -0.39 is 8.32 Å². The Morgan fingerprint density at radius 2 is 2.04 bits per heavy atom. The lowest BCUT2D eigenvalue weighted by Crippen LogP contribution is -2.41. The Morgan fingerprint density at radius 3 is 2.62 bits per heavy atom. The SMILES string of the molecule is C#C[C@H](C)C[C@H](O)CC[C@@H]1O[C@@H](CCCO[Si](C)(C)C(C)(C)C)CC1=C. The molecule has 1 aliphatic rings. The molecule has 0 bridgehead atoms. The van der Waals surface area contributed by atoms with Crippen LogP contribution in [-0.4, -0.2) is 38.3 Å². The molecule has 0 saturated carbocycles. The van der Waals surface area contributed by atoms with Crippen molar-refractivity contribution in [3.05, 3.63) is 12.2 Å². The van der Waals surface area contributed by atoms with E-state index in [0.29, 0.717) is 6.42 Å². The Balaban J connectivity index is 2.28. The van der Waals surface area contributed by atoms with E-state index in [-0.39, 0.29) is 29.3 Å². The van der Waals surface area contributed by atoms with Crippen LogP contribution in [0.2, 0.25) is 18.1 Å². The molecule has 1 fully saturated rings.